The Morgan fingerprint density at radius 1 is 1.39 bits per heavy atom. The summed E-state index contributed by atoms with van der Waals surface area (Å²) < 4.78 is 3.23. The largest absolute Gasteiger partial charge is 0.354 e. The number of hydrogen-bond donors (Lipinski definition) is 1. The fourth-order valence-electron chi connectivity index (χ4n) is 1.88. The van der Waals surface area contributed by atoms with Gasteiger partial charge in [-0.2, -0.15) is 0 Å². The maximum absolute atomic E-state index is 4.61. The van der Waals surface area contributed by atoms with Crippen molar-refractivity contribution in [3.63, 3.8) is 0 Å². The number of fused-ring (bicyclic) bond motifs is 1. The Balaban J connectivity index is 1.83. The molecule has 0 aliphatic carbocycles. The predicted molar refractivity (Wildman–Crippen MR) is 74.9 cm³/mol. The van der Waals surface area contributed by atoms with Crippen molar-refractivity contribution in [2.45, 2.75) is 13.5 Å². The standard InChI is InChI=1S/C13H14N4S/c1-9-4-3-5-10-12(9)16-13(18-10)15-8-11-14-6-7-17(11)2/h3-7H,8H2,1-2H3,(H,15,16). The molecule has 3 rings (SSSR count). The van der Waals surface area contributed by atoms with Crippen molar-refractivity contribution in [3.8, 4) is 0 Å². The molecule has 4 nitrogen and oxygen atoms in total. The number of hydrogen-bond acceptors (Lipinski definition) is 4. The molecule has 18 heavy (non-hydrogen) atoms. The SMILES string of the molecule is Cc1cccc2sc(NCc3nccn3C)nc12. The lowest BCUT2D eigenvalue weighted by Gasteiger charge is -2.02. The van der Waals surface area contributed by atoms with E-state index >= 15 is 0 Å². The van der Waals surface area contributed by atoms with E-state index in [4.69, 9.17) is 0 Å². The third-order valence-corrected chi connectivity index (χ3v) is 3.92. The number of imidazole rings is 1. The summed E-state index contributed by atoms with van der Waals surface area (Å²) in [4.78, 5) is 8.89. The molecule has 0 atom stereocenters. The second-order valence-corrected chi connectivity index (χ2v) is 5.28. The highest BCUT2D eigenvalue weighted by molar-refractivity contribution is 7.22. The quantitative estimate of drug-likeness (QED) is 0.785. The third kappa shape index (κ3) is 1.97. The van der Waals surface area contributed by atoms with Crippen LogP contribution < -0.4 is 5.32 Å². The summed E-state index contributed by atoms with van der Waals surface area (Å²) >= 11 is 1.68. The van der Waals surface area contributed by atoms with Crippen molar-refractivity contribution in [2.24, 2.45) is 7.05 Å². The van der Waals surface area contributed by atoms with Crippen LogP contribution >= 0.6 is 11.3 Å². The van der Waals surface area contributed by atoms with Gasteiger partial charge in [0.25, 0.3) is 0 Å². The fraction of sp³-hybridized carbons (Fsp3) is 0.231. The van der Waals surface area contributed by atoms with E-state index in [9.17, 15) is 0 Å². The molecule has 1 aromatic carbocycles. The molecule has 0 aliphatic rings. The third-order valence-electron chi connectivity index (χ3n) is 2.94. The average Bonchev–Trinajstić information content (AvgIpc) is 2.93. The number of para-hydroxylation sites is 1. The monoisotopic (exact) mass is 258 g/mol. The van der Waals surface area contributed by atoms with Crippen molar-refractivity contribution in [3.05, 3.63) is 42.0 Å². The lowest BCUT2D eigenvalue weighted by atomic mass is 10.2. The second kappa shape index (κ2) is 4.42. The number of rotatable bonds is 3. The minimum atomic E-state index is 0.697. The van der Waals surface area contributed by atoms with Crippen LogP contribution in [-0.2, 0) is 13.6 Å². The molecule has 0 aliphatic heterocycles. The molecule has 0 spiro atoms. The van der Waals surface area contributed by atoms with Gasteiger partial charge in [-0.05, 0) is 18.6 Å². The van der Waals surface area contributed by atoms with Crippen LogP contribution in [0, 0.1) is 6.92 Å². The number of aryl methyl sites for hydroxylation is 2. The Morgan fingerprint density at radius 3 is 3.00 bits per heavy atom. The maximum atomic E-state index is 4.61. The maximum Gasteiger partial charge on any atom is 0.184 e. The smallest absolute Gasteiger partial charge is 0.184 e. The van der Waals surface area contributed by atoms with Gasteiger partial charge in [-0.3, -0.25) is 0 Å². The normalized spacial score (nSPS) is 11.0. The van der Waals surface area contributed by atoms with E-state index in [1.807, 2.05) is 17.8 Å². The highest BCUT2D eigenvalue weighted by Gasteiger charge is 2.06. The van der Waals surface area contributed by atoms with E-state index in [-0.39, 0.29) is 0 Å². The molecule has 0 saturated carbocycles. The van der Waals surface area contributed by atoms with Crippen molar-refractivity contribution in [1.29, 1.82) is 0 Å². The first-order valence-electron chi connectivity index (χ1n) is 5.80. The van der Waals surface area contributed by atoms with Crippen LogP contribution in [-0.4, -0.2) is 14.5 Å². The predicted octanol–water partition coefficient (Wildman–Crippen LogP) is 2.95. The number of anilines is 1. The molecule has 1 N–H and O–H groups in total. The fourth-order valence-corrected chi connectivity index (χ4v) is 2.82. The number of thiazole rings is 1. The molecule has 0 radical (unpaired) electrons. The van der Waals surface area contributed by atoms with E-state index < -0.39 is 0 Å². The van der Waals surface area contributed by atoms with E-state index in [2.05, 4.69) is 40.4 Å². The molecule has 2 aromatic heterocycles. The summed E-state index contributed by atoms with van der Waals surface area (Å²) in [6.07, 6.45) is 3.75. The minimum Gasteiger partial charge on any atom is -0.354 e. The molecular weight excluding hydrogens is 244 g/mol. The van der Waals surface area contributed by atoms with Gasteiger partial charge in [-0.1, -0.05) is 23.5 Å². The van der Waals surface area contributed by atoms with Gasteiger partial charge in [0.1, 0.15) is 5.82 Å². The zero-order valence-electron chi connectivity index (χ0n) is 10.3. The van der Waals surface area contributed by atoms with Crippen molar-refractivity contribution in [2.75, 3.05) is 5.32 Å². The molecule has 92 valence electrons. The zero-order chi connectivity index (χ0) is 12.5. The van der Waals surface area contributed by atoms with Crippen LogP contribution in [0.1, 0.15) is 11.4 Å². The molecule has 0 amide bonds. The van der Waals surface area contributed by atoms with Gasteiger partial charge in [-0.15, -0.1) is 0 Å². The Morgan fingerprint density at radius 2 is 2.28 bits per heavy atom. The molecular formula is C13H14N4S. The topological polar surface area (TPSA) is 42.7 Å². The summed E-state index contributed by atoms with van der Waals surface area (Å²) in [5.41, 5.74) is 2.30. The Hall–Kier alpha value is -1.88. The molecule has 0 bridgehead atoms. The summed E-state index contributed by atoms with van der Waals surface area (Å²) in [6.45, 7) is 2.78. The lowest BCUT2D eigenvalue weighted by molar-refractivity contribution is 0.812. The minimum absolute atomic E-state index is 0.697. The van der Waals surface area contributed by atoms with Crippen LogP contribution in [0.15, 0.2) is 30.6 Å². The first kappa shape index (κ1) is 11.2. The molecule has 0 unspecified atom stereocenters. The summed E-state index contributed by atoms with van der Waals surface area (Å²) in [5, 5.41) is 4.28. The molecule has 0 saturated heterocycles. The van der Waals surface area contributed by atoms with Crippen molar-refractivity contribution >= 4 is 26.7 Å². The van der Waals surface area contributed by atoms with E-state index in [0.29, 0.717) is 6.54 Å². The van der Waals surface area contributed by atoms with Gasteiger partial charge in [0.15, 0.2) is 5.13 Å². The summed E-state index contributed by atoms with van der Waals surface area (Å²) in [7, 11) is 1.99. The number of benzene rings is 1. The van der Waals surface area contributed by atoms with E-state index in [1.54, 1.807) is 17.5 Å². The zero-order valence-corrected chi connectivity index (χ0v) is 11.2. The van der Waals surface area contributed by atoms with Crippen LogP contribution in [0.4, 0.5) is 5.13 Å². The van der Waals surface area contributed by atoms with E-state index in [0.717, 1.165) is 16.5 Å². The van der Waals surface area contributed by atoms with Crippen LogP contribution in [0.25, 0.3) is 10.2 Å². The molecule has 0 fully saturated rings. The highest BCUT2D eigenvalue weighted by atomic mass is 32.1. The van der Waals surface area contributed by atoms with Crippen LogP contribution in [0.3, 0.4) is 0 Å². The number of nitrogens with one attached hydrogen (secondary N) is 1. The first-order chi connectivity index (χ1) is 8.74. The van der Waals surface area contributed by atoms with Gasteiger partial charge in [0, 0.05) is 19.4 Å². The Bertz CT molecular complexity index is 683. The number of aromatic nitrogens is 3. The van der Waals surface area contributed by atoms with Gasteiger partial charge >= 0.3 is 0 Å². The summed E-state index contributed by atoms with van der Waals surface area (Å²) in [6, 6.07) is 6.26. The molecule has 5 heteroatoms. The van der Waals surface area contributed by atoms with Crippen LogP contribution in [0.2, 0.25) is 0 Å². The Kier molecular flexibility index (Phi) is 2.76. The first-order valence-corrected chi connectivity index (χ1v) is 6.62. The van der Waals surface area contributed by atoms with Gasteiger partial charge < -0.3 is 9.88 Å². The van der Waals surface area contributed by atoms with Gasteiger partial charge in [0.2, 0.25) is 0 Å². The summed E-state index contributed by atoms with van der Waals surface area (Å²) in [5.74, 6) is 1.01. The Labute approximate surface area is 109 Å². The van der Waals surface area contributed by atoms with Crippen molar-refractivity contribution in [1.82, 2.24) is 14.5 Å². The van der Waals surface area contributed by atoms with Crippen LogP contribution in [0.5, 0.6) is 0 Å². The number of nitrogens with zero attached hydrogens (tertiary/aromatic N) is 3. The van der Waals surface area contributed by atoms with Gasteiger partial charge in [0.05, 0.1) is 16.8 Å². The molecule has 2 heterocycles. The second-order valence-electron chi connectivity index (χ2n) is 4.25. The molecule has 3 aromatic rings. The highest BCUT2D eigenvalue weighted by Crippen LogP contribution is 2.27. The van der Waals surface area contributed by atoms with Gasteiger partial charge in [-0.25, -0.2) is 9.97 Å². The average molecular weight is 258 g/mol. The van der Waals surface area contributed by atoms with E-state index in [1.165, 1.54) is 10.3 Å². The lowest BCUT2D eigenvalue weighted by Crippen LogP contribution is -2.05. The van der Waals surface area contributed by atoms with Crippen molar-refractivity contribution < 1.29 is 0 Å².